The third-order valence-corrected chi connectivity index (χ3v) is 3.58. The highest BCUT2D eigenvalue weighted by molar-refractivity contribution is 5.94. The minimum atomic E-state index is -0.127. The maximum absolute atomic E-state index is 12.1. The van der Waals surface area contributed by atoms with Crippen LogP contribution in [0.25, 0.3) is 11.1 Å². The van der Waals surface area contributed by atoms with Gasteiger partial charge in [0, 0.05) is 5.56 Å². The van der Waals surface area contributed by atoms with Gasteiger partial charge in [0.1, 0.15) is 5.52 Å². The van der Waals surface area contributed by atoms with Gasteiger partial charge in [-0.15, -0.1) is 0 Å². The Hall–Kier alpha value is -2.62. The number of hydrogen-bond acceptors (Lipinski definition) is 3. The van der Waals surface area contributed by atoms with Gasteiger partial charge < -0.3 is 9.73 Å². The summed E-state index contributed by atoms with van der Waals surface area (Å²) in [6, 6.07) is 15.2. The number of nitrogens with zero attached hydrogens (tertiary/aromatic N) is 1. The van der Waals surface area contributed by atoms with E-state index >= 15 is 0 Å². The molecular formula is C18H18N2O2. The quantitative estimate of drug-likeness (QED) is 0.794. The highest BCUT2D eigenvalue weighted by atomic mass is 16.3. The highest BCUT2D eigenvalue weighted by Crippen LogP contribution is 2.16. The molecule has 1 heterocycles. The molecule has 1 aromatic heterocycles. The van der Waals surface area contributed by atoms with Crippen LogP contribution in [-0.4, -0.2) is 10.9 Å². The van der Waals surface area contributed by atoms with Crippen LogP contribution in [0.15, 0.2) is 52.9 Å². The number of oxazole rings is 1. The Morgan fingerprint density at radius 3 is 2.55 bits per heavy atom. The van der Waals surface area contributed by atoms with Crippen molar-refractivity contribution >= 4 is 17.0 Å². The summed E-state index contributed by atoms with van der Waals surface area (Å²) in [6.45, 7) is 4.53. The van der Waals surface area contributed by atoms with E-state index in [1.165, 1.54) is 5.56 Å². The molecule has 0 unspecified atom stereocenters. The SMILES string of the molecule is CC(C)c1ccc(C(=O)NCc2nc3ccccc3o2)cc1. The number of nitrogens with one attached hydrogen (secondary N) is 1. The normalized spacial score (nSPS) is 11.0. The van der Waals surface area contributed by atoms with E-state index in [0.717, 1.165) is 11.1 Å². The van der Waals surface area contributed by atoms with Crippen LogP contribution in [0.5, 0.6) is 0 Å². The number of carbonyl (C=O) groups is 1. The van der Waals surface area contributed by atoms with Crippen LogP contribution in [0.2, 0.25) is 0 Å². The first-order valence-corrected chi connectivity index (χ1v) is 7.36. The average Bonchev–Trinajstić information content (AvgIpc) is 2.95. The number of para-hydroxylation sites is 2. The summed E-state index contributed by atoms with van der Waals surface area (Å²) in [5, 5.41) is 2.83. The first kappa shape index (κ1) is 14.3. The molecular weight excluding hydrogens is 276 g/mol. The van der Waals surface area contributed by atoms with Gasteiger partial charge in [-0.1, -0.05) is 38.1 Å². The monoisotopic (exact) mass is 294 g/mol. The molecule has 22 heavy (non-hydrogen) atoms. The van der Waals surface area contributed by atoms with E-state index in [0.29, 0.717) is 17.4 Å². The Bertz CT molecular complexity index is 755. The topological polar surface area (TPSA) is 55.1 Å². The minimum absolute atomic E-state index is 0.127. The summed E-state index contributed by atoms with van der Waals surface area (Å²) in [6.07, 6.45) is 0. The van der Waals surface area contributed by atoms with Gasteiger partial charge in [0.05, 0.1) is 6.54 Å². The van der Waals surface area contributed by atoms with Gasteiger partial charge in [0.15, 0.2) is 5.58 Å². The molecule has 2 aromatic carbocycles. The molecule has 3 rings (SSSR count). The molecule has 0 saturated heterocycles. The molecule has 0 saturated carbocycles. The van der Waals surface area contributed by atoms with E-state index in [1.807, 2.05) is 48.5 Å². The predicted molar refractivity (Wildman–Crippen MR) is 85.7 cm³/mol. The van der Waals surface area contributed by atoms with Crippen molar-refractivity contribution in [2.75, 3.05) is 0 Å². The van der Waals surface area contributed by atoms with Crippen molar-refractivity contribution in [2.45, 2.75) is 26.3 Å². The van der Waals surface area contributed by atoms with Crippen molar-refractivity contribution in [3.8, 4) is 0 Å². The number of fused-ring (bicyclic) bond motifs is 1. The largest absolute Gasteiger partial charge is 0.439 e. The molecule has 0 spiro atoms. The molecule has 3 aromatic rings. The Balaban J connectivity index is 1.66. The number of aromatic nitrogens is 1. The lowest BCUT2D eigenvalue weighted by molar-refractivity contribution is 0.0947. The van der Waals surface area contributed by atoms with E-state index in [-0.39, 0.29) is 12.5 Å². The third kappa shape index (κ3) is 3.01. The Morgan fingerprint density at radius 1 is 1.14 bits per heavy atom. The summed E-state index contributed by atoms with van der Waals surface area (Å²) >= 11 is 0. The van der Waals surface area contributed by atoms with Crippen LogP contribution in [0, 0.1) is 0 Å². The summed E-state index contributed by atoms with van der Waals surface area (Å²) in [4.78, 5) is 16.5. The summed E-state index contributed by atoms with van der Waals surface area (Å²) in [7, 11) is 0. The third-order valence-electron chi connectivity index (χ3n) is 3.58. The molecule has 0 fully saturated rings. The second kappa shape index (κ2) is 6.02. The van der Waals surface area contributed by atoms with Gasteiger partial charge in [0.2, 0.25) is 5.89 Å². The number of amides is 1. The maximum Gasteiger partial charge on any atom is 0.251 e. The van der Waals surface area contributed by atoms with Gasteiger partial charge in [-0.2, -0.15) is 0 Å². The molecule has 112 valence electrons. The fourth-order valence-electron chi connectivity index (χ4n) is 2.27. The second-order valence-corrected chi connectivity index (χ2v) is 5.53. The van der Waals surface area contributed by atoms with E-state index in [2.05, 4.69) is 24.1 Å². The second-order valence-electron chi connectivity index (χ2n) is 5.53. The molecule has 4 nitrogen and oxygen atoms in total. The Labute approximate surface area is 129 Å². The highest BCUT2D eigenvalue weighted by Gasteiger charge is 2.09. The molecule has 0 bridgehead atoms. The van der Waals surface area contributed by atoms with Crippen LogP contribution >= 0.6 is 0 Å². The fraction of sp³-hybridized carbons (Fsp3) is 0.222. The lowest BCUT2D eigenvalue weighted by Crippen LogP contribution is -2.22. The van der Waals surface area contributed by atoms with Crippen molar-refractivity contribution in [2.24, 2.45) is 0 Å². The molecule has 0 atom stereocenters. The van der Waals surface area contributed by atoms with Crippen molar-refractivity contribution < 1.29 is 9.21 Å². The first-order valence-electron chi connectivity index (χ1n) is 7.36. The Kier molecular flexibility index (Phi) is 3.92. The van der Waals surface area contributed by atoms with Gasteiger partial charge in [-0.25, -0.2) is 4.98 Å². The van der Waals surface area contributed by atoms with Gasteiger partial charge in [0.25, 0.3) is 5.91 Å². The number of hydrogen-bond donors (Lipinski definition) is 1. The van der Waals surface area contributed by atoms with Crippen molar-refractivity contribution in [3.63, 3.8) is 0 Å². The van der Waals surface area contributed by atoms with Crippen LogP contribution in [0.1, 0.15) is 41.6 Å². The van der Waals surface area contributed by atoms with E-state index in [9.17, 15) is 4.79 Å². The van der Waals surface area contributed by atoms with Crippen LogP contribution in [-0.2, 0) is 6.54 Å². The standard InChI is InChI=1S/C18H18N2O2/c1-12(2)13-7-9-14(10-8-13)18(21)19-11-17-20-15-5-3-4-6-16(15)22-17/h3-10,12H,11H2,1-2H3,(H,19,21). The number of rotatable bonds is 4. The van der Waals surface area contributed by atoms with Crippen LogP contribution in [0.3, 0.4) is 0 Å². The number of carbonyl (C=O) groups excluding carboxylic acids is 1. The molecule has 1 amide bonds. The zero-order chi connectivity index (χ0) is 15.5. The lowest BCUT2D eigenvalue weighted by atomic mass is 10.0. The lowest BCUT2D eigenvalue weighted by Gasteiger charge is -2.07. The minimum Gasteiger partial charge on any atom is -0.439 e. The molecule has 1 N–H and O–H groups in total. The number of benzene rings is 2. The van der Waals surface area contributed by atoms with Gasteiger partial charge in [-0.3, -0.25) is 4.79 Å². The van der Waals surface area contributed by atoms with Crippen molar-refractivity contribution in [1.82, 2.24) is 10.3 Å². The van der Waals surface area contributed by atoms with Gasteiger partial charge >= 0.3 is 0 Å². The average molecular weight is 294 g/mol. The molecule has 0 aliphatic heterocycles. The Morgan fingerprint density at radius 2 is 1.86 bits per heavy atom. The van der Waals surface area contributed by atoms with E-state index in [4.69, 9.17) is 4.42 Å². The van der Waals surface area contributed by atoms with Crippen molar-refractivity contribution in [3.05, 3.63) is 65.5 Å². The molecule has 4 heteroatoms. The van der Waals surface area contributed by atoms with E-state index in [1.54, 1.807) is 0 Å². The first-order chi connectivity index (χ1) is 10.6. The summed E-state index contributed by atoms with van der Waals surface area (Å²) in [5.74, 6) is 0.836. The summed E-state index contributed by atoms with van der Waals surface area (Å²) < 4.78 is 5.58. The van der Waals surface area contributed by atoms with Crippen LogP contribution < -0.4 is 5.32 Å². The molecule has 0 radical (unpaired) electrons. The summed E-state index contributed by atoms with van der Waals surface area (Å²) in [5.41, 5.74) is 3.39. The zero-order valence-corrected chi connectivity index (χ0v) is 12.7. The maximum atomic E-state index is 12.1. The molecule has 0 aliphatic rings. The van der Waals surface area contributed by atoms with Crippen molar-refractivity contribution in [1.29, 1.82) is 0 Å². The predicted octanol–water partition coefficient (Wildman–Crippen LogP) is 3.88. The van der Waals surface area contributed by atoms with Gasteiger partial charge in [-0.05, 0) is 35.7 Å². The zero-order valence-electron chi connectivity index (χ0n) is 12.7. The molecule has 0 aliphatic carbocycles. The van der Waals surface area contributed by atoms with Crippen LogP contribution in [0.4, 0.5) is 0 Å². The van der Waals surface area contributed by atoms with E-state index < -0.39 is 0 Å². The fourth-order valence-corrected chi connectivity index (χ4v) is 2.27. The smallest absolute Gasteiger partial charge is 0.251 e.